The number of unbranched alkanes of at least 4 members (excludes halogenated alkanes) is 29. The van der Waals surface area contributed by atoms with E-state index in [-0.39, 0.29) is 31.1 Å². The van der Waals surface area contributed by atoms with Gasteiger partial charge in [-0.25, -0.2) is 0 Å². The quantitative estimate of drug-likeness (QED) is 0.0347. The smallest absolute Gasteiger partial charge is 0.306 e. The summed E-state index contributed by atoms with van der Waals surface area (Å²) in [7, 11) is 0. The van der Waals surface area contributed by atoms with Gasteiger partial charge in [0.05, 0.1) is 0 Å². The highest BCUT2D eigenvalue weighted by atomic mass is 16.6. The molecule has 0 aromatic heterocycles. The van der Waals surface area contributed by atoms with Crippen molar-refractivity contribution < 1.29 is 28.6 Å². The highest BCUT2D eigenvalue weighted by Crippen LogP contribution is 2.17. The molecule has 6 nitrogen and oxygen atoms in total. The Hall–Kier alpha value is -1.59. The summed E-state index contributed by atoms with van der Waals surface area (Å²) in [6.07, 6.45) is 42.6. The lowest BCUT2D eigenvalue weighted by Crippen LogP contribution is -2.30. The van der Waals surface area contributed by atoms with E-state index in [4.69, 9.17) is 14.2 Å². The van der Waals surface area contributed by atoms with E-state index in [9.17, 15) is 14.4 Å². The number of ether oxygens (including phenoxy) is 3. The Morgan fingerprint density at radius 3 is 0.875 bits per heavy atom. The fraction of sp³-hybridized carbons (Fsp3) is 0.940. The SMILES string of the molecule is CCCCCCCCCCCCCCCCCCCCCC(=O)OC[C@H](COC(=O)CCCCCCCCCC(C)C)OC(=O)CCCCCCCCC(C)C. The van der Waals surface area contributed by atoms with Crippen molar-refractivity contribution in [3.8, 4) is 0 Å². The molecule has 0 aliphatic rings. The number of esters is 3. The Morgan fingerprint density at radius 2 is 0.589 bits per heavy atom. The molecule has 0 aliphatic carbocycles. The molecular weight excluding hydrogens is 697 g/mol. The van der Waals surface area contributed by atoms with Gasteiger partial charge < -0.3 is 14.2 Å². The van der Waals surface area contributed by atoms with Crippen molar-refractivity contribution in [1.29, 1.82) is 0 Å². The molecule has 0 N–H and O–H groups in total. The molecule has 0 amide bonds. The second kappa shape index (κ2) is 43.0. The van der Waals surface area contributed by atoms with Crippen LogP contribution in [0.5, 0.6) is 0 Å². The van der Waals surface area contributed by atoms with Gasteiger partial charge in [-0.1, -0.05) is 234 Å². The summed E-state index contributed by atoms with van der Waals surface area (Å²) in [5.74, 6) is 0.679. The van der Waals surface area contributed by atoms with Crippen LogP contribution in [0.3, 0.4) is 0 Å². The molecule has 0 saturated heterocycles. The van der Waals surface area contributed by atoms with Gasteiger partial charge in [0.15, 0.2) is 6.10 Å². The molecule has 0 fully saturated rings. The van der Waals surface area contributed by atoms with Crippen molar-refractivity contribution in [1.82, 2.24) is 0 Å². The van der Waals surface area contributed by atoms with Crippen LogP contribution in [0.2, 0.25) is 0 Å². The third-order valence-electron chi connectivity index (χ3n) is 11.2. The molecule has 0 heterocycles. The lowest BCUT2D eigenvalue weighted by atomic mass is 10.0. The summed E-state index contributed by atoms with van der Waals surface area (Å²) in [4.78, 5) is 37.7. The first kappa shape index (κ1) is 54.4. The standard InChI is InChI=1S/C50H96O6/c1-6-7-8-9-10-11-12-13-14-15-16-17-18-19-20-21-24-30-35-40-48(51)54-43-47(56-50(53)42-37-32-27-26-29-34-39-46(4)5)44-55-49(52)41-36-31-25-22-23-28-33-38-45(2)3/h45-47H,6-44H2,1-5H3/t47-/m1/s1. The van der Waals surface area contributed by atoms with Crippen LogP contribution in [0, 0.1) is 11.8 Å². The Bertz CT molecular complexity index is 854. The molecule has 332 valence electrons. The van der Waals surface area contributed by atoms with E-state index >= 15 is 0 Å². The van der Waals surface area contributed by atoms with Crippen LogP contribution in [-0.4, -0.2) is 37.2 Å². The van der Waals surface area contributed by atoms with Crippen LogP contribution in [0.15, 0.2) is 0 Å². The molecule has 56 heavy (non-hydrogen) atoms. The average Bonchev–Trinajstić information content (AvgIpc) is 3.16. The van der Waals surface area contributed by atoms with Gasteiger partial charge in [-0.05, 0) is 31.1 Å². The Morgan fingerprint density at radius 1 is 0.339 bits per heavy atom. The largest absolute Gasteiger partial charge is 0.462 e. The Kier molecular flexibility index (Phi) is 41.8. The van der Waals surface area contributed by atoms with E-state index in [1.165, 1.54) is 161 Å². The maximum Gasteiger partial charge on any atom is 0.306 e. The summed E-state index contributed by atoms with van der Waals surface area (Å²) in [5, 5.41) is 0. The molecule has 0 radical (unpaired) electrons. The van der Waals surface area contributed by atoms with Crippen LogP contribution in [0.1, 0.15) is 272 Å². The van der Waals surface area contributed by atoms with Gasteiger partial charge in [0, 0.05) is 19.3 Å². The molecule has 0 spiro atoms. The van der Waals surface area contributed by atoms with Gasteiger partial charge in [0.2, 0.25) is 0 Å². The van der Waals surface area contributed by atoms with Crippen LogP contribution in [-0.2, 0) is 28.6 Å². The monoisotopic (exact) mass is 793 g/mol. The molecule has 1 atom stereocenters. The molecular formula is C50H96O6. The van der Waals surface area contributed by atoms with Gasteiger partial charge in [-0.3, -0.25) is 14.4 Å². The van der Waals surface area contributed by atoms with E-state index < -0.39 is 6.10 Å². The number of hydrogen-bond acceptors (Lipinski definition) is 6. The van der Waals surface area contributed by atoms with Gasteiger partial charge >= 0.3 is 17.9 Å². The van der Waals surface area contributed by atoms with Crippen molar-refractivity contribution >= 4 is 17.9 Å². The highest BCUT2D eigenvalue weighted by Gasteiger charge is 2.19. The van der Waals surface area contributed by atoms with Crippen molar-refractivity contribution in [3.63, 3.8) is 0 Å². The second-order valence-corrected chi connectivity index (χ2v) is 18.1. The summed E-state index contributed by atoms with van der Waals surface area (Å²) in [5.41, 5.74) is 0. The van der Waals surface area contributed by atoms with Gasteiger partial charge in [-0.2, -0.15) is 0 Å². The molecule has 0 aromatic rings. The lowest BCUT2D eigenvalue weighted by molar-refractivity contribution is -0.167. The zero-order chi connectivity index (χ0) is 41.2. The molecule has 0 unspecified atom stereocenters. The Balaban J connectivity index is 4.19. The molecule has 0 aliphatic heterocycles. The first-order chi connectivity index (χ1) is 27.2. The highest BCUT2D eigenvalue weighted by molar-refractivity contribution is 5.71. The summed E-state index contributed by atoms with van der Waals surface area (Å²) >= 11 is 0. The van der Waals surface area contributed by atoms with Gasteiger partial charge in [0.1, 0.15) is 13.2 Å². The topological polar surface area (TPSA) is 78.9 Å². The average molecular weight is 793 g/mol. The molecule has 0 saturated carbocycles. The first-order valence-corrected chi connectivity index (χ1v) is 24.7. The van der Waals surface area contributed by atoms with Gasteiger partial charge in [0.25, 0.3) is 0 Å². The van der Waals surface area contributed by atoms with E-state index in [0.29, 0.717) is 19.3 Å². The van der Waals surface area contributed by atoms with E-state index in [1.54, 1.807) is 0 Å². The number of rotatable bonds is 44. The fourth-order valence-corrected chi connectivity index (χ4v) is 7.46. The van der Waals surface area contributed by atoms with E-state index in [1.807, 2.05) is 0 Å². The zero-order valence-electron chi connectivity index (χ0n) is 38.3. The second-order valence-electron chi connectivity index (χ2n) is 18.1. The molecule has 0 rings (SSSR count). The van der Waals surface area contributed by atoms with Crippen molar-refractivity contribution in [2.75, 3.05) is 13.2 Å². The van der Waals surface area contributed by atoms with Crippen LogP contribution in [0.25, 0.3) is 0 Å². The minimum atomic E-state index is -0.762. The van der Waals surface area contributed by atoms with E-state index in [2.05, 4.69) is 34.6 Å². The normalized spacial score (nSPS) is 12.1. The maximum absolute atomic E-state index is 12.7. The number of carbonyl (C=O) groups excluding carboxylic acids is 3. The van der Waals surface area contributed by atoms with Crippen molar-refractivity contribution in [3.05, 3.63) is 0 Å². The minimum Gasteiger partial charge on any atom is -0.462 e. The molecule has 0 bridgehead atoms. The minimum absolute atomic E-state index is 0.0658. The fourth-order valence-electron chi connectivity index (χ4n) is 7.46. The van der Waals surface area contributed by atoms with Crippen LogP contribution < -0.4 is 0 Å². The third-order valence-corrected chi connectivity index (χ3v) is 11.2. The van der Waals surface area contributed by atoms with Crippen LogP contribution >= 0.6 is 0 Å². The van der Waals surface area contributed by atoms with E-state index in [0.717, 1.165) is 69.6 Å². The predicted octanol–water partition coefficient (Wildman–Crippen LogP) is 15.8. The Labute approximate surface area is 348 Å². The van der Waals surface area contributed by atoms with Crippen molar-refractivity contribution in [2.45, 2.75) is 278 Å². The van der Waals surface area contributed by atoms with Gasteiger partial charge in [-0.15, -0.1) is 0 Å². The number of hydrogen-bond donors (Lipinski definition) is 0. The number of carbonyl (C=O) groups is 3. The third kappa shape index (κ3) is 43.5. The summed E-state index contributed by atoms with van der Waals surface area (Å²) < 4.78 is 16.7. The van der Waals surface area contributed by atoms with Crippen LogP contribution in [0.4, 0.5) is 0 Å². The molecule has 6 heteroatoms. The molecule has 0 aromatic carbocycles. The lowest BCUT2D eigenvalue weighted by Gasteiger charge is -2.18. The predicted molar refractivity (Wildman–Crippen MR) is 238 cm³/mol. The maximum atomic E-state index is 12.7. The van der Waals surface area contributed by atoms with Crippen molar-refractivity contribution in [2.24, 2.45) is 11.8 Å². The summed E-state index contributed by atoms with van der Waals surface area (Å²) in [6.45, 7) is 11.2. The zero-order valence-corrected chi connectivity index (χ0v) is 38.3. The first-order valence-electron chi connectivity index (χ1n) is 24.7. The summed E-state index contributed by atoms with van der Waals surface area (Å²) in [6, 6.07) is 0.